The van der Waals surface area contributed by atoms with Crippen molar-refractivity contribution in [2.75, 3.05) is 7.05 Å². The molecule has 0 heterocycles. The van der Waals surface area contributed by atoms with Gasteiger partial charge in [-0.05, 0) is 38.6 Å². The zero-order valence-corrected chi connectivity index (χ0v) is 9.47. The maximum absolute atomic E-state index is 10.6. The Morgan fingerprint density at radius 1 is 1.25 bits per heavy atom. The second-order valence-corrected chi connectivity index (χ2v) is 4.05. The van der Waals surface area contributed by atoms with Gasteiger partial charge in [-0.2, -0.15) is 13.2 Å². The summed E-state index contributed by atoms with van der Waals surface area (Å²) in [6, 6.07) is 0.821. The molecule has 3 nitrogen and oxygen atoms in total. The number of hydrogen-bond acceptors (Lipinski definition) is 2. The molecule has 16 heavy (non-hydrogen) atoms. The summed E-state index contributed by atoms with van der Waals surface area (Å²) in [6.45, 7) is 2.35. The number of carboxylic acids is 1. The zero-order valence-electron chi connectivity index (χ0n) is 9.47. The standard InChI is InChI=1S/C8H17N.C2HF3O2/c1-7-3-5-8(9-2)6-4-7;3-2(4,5)1(6)7/h7-9H,3-6H2,1-2H3;(H,6,7). The lowest BCUT2D eigenvalue weighted by Crippen LogP contribution is -2.29. The first-order chi connectivity index (χ1) is 7.27. The number of rotatable bonds is 1. The van der Waals surface area contributed by atoms with Crippen molar-refractivity contribution in [1.29, 1.82) is 0 Å². The number of hydrogen-bond donors (Lipinski definition) is 2. The third-order valence-corrected chi connectivity index (χ3v) is 2.67. The molecule has 0 unspecified atom stereocenters. The number of nitrogens with one attached hydrogen (secondary N) is 1. The fourth-order valence-electron chi connectivity index (χ4n) is 1.55. The van der Waals surface area contributed by atoms with Gasteiger partial charge in [-0.1, -0.05) is 6.92 Å². The highest BCUT2D eigenvalue weighted by molar-refractivity contribution is 5.73. The van der Waals surface area contributed by atoms with Gasteiger partial charge < -0.3 is 10.4 Å². The average molecular weight is 241 g/mol. The lowest BCUT2D eigenvalue weighted by atomic mass is 9.87. The van der Waals surface area contributed by atoms with Gasteiger partial charge in [0, 0.05) is 6.04 Å². The van der Waals surface area contributed by atoms with Crippen LogP contribution < -0.4 is 5.32 Å². The first-order valence-corrected chi connectivity index (χ1v) is 5.24. The molecule has 1 aliphatic carbocycles. The maximum atomic E-state index is 10.6. The van der Waals surface area contributed by atoms with Crippen LogP contribution in [0.25, 0.3) is 0 Å². The summed E-state index contributed by atoms with van der Waals surface area (Å²) in [4.78, 5) is 8.90. The van der Waals surface area contributed by atoms with E-state index in [2.05, 4.69) is 19.3 Å². The molecular formula is C10H18F3NO2. The van der Waals surface area contributed by atoms with Gasteiger partial charge in [0.1, 0.15) is 0 Å². The number of carbonyl (C=O) groups is 1. The molecule has 0 amide bonds. The minimum Gasteiger partial charge on any atom is -0.475 e. The summed E-state index contributed by atoms with van der Waals surface area (Å²) in [5.74, 6) is -1.78. The molecule has 6 heteroatoms. The van der Waals surface area contributed by atoms with Crippen LogP contribution in [-0.4, -0.2) is 30.3 Å². The Bertz CT molecular complexity index is 211. The van der Waals surface area contributed by atoms with Crippen LogP contribution in [0.5, 0.6) is 0 Å². The van der Waals surface area contributed by atoms with Crippen LogP contribution in [0.3, 0.4) is 0 Å². The first kappa shape index (κ1) is 15.2. The van der Waals surface area contributed by atoms with E-state index in [9.17, 15) is 13.2 Å². The molecule has 0 spiro atoms. The predicted molar refractivity (Wildman–Crippen MR) is 54.2 cm³/mol. The Morgan fingerprint density at radius 2 is 1.62 bits per heavy atom. The van der Waals surface area contributed by atoms with E-state index in [1.807, 2.05) is 0 Å². The third-order valence-electron chi connectivity index (χ3n) is 2.67. The Morgan fingerprint density at radius 3 is 1.88 bits per heavy atom. The Balaban J connectivity index is 0.000000293. The number of alkyl halides is 3. The summed E-state index contributed by atoms with van der Waals surface area (Å²) < 4.78 is 31.7. The lowest BCUT2D eigenvalue weighted by Gasteiger charge is -2.25. The lowest BCUT2D eigenvalue weighted by molar-refractivity contribution is -0.192. The molecule has 0 bridgehead atoms. The highest BCUT2D eigenvalue weighted by Gasteiger charge is 2.38. The van der Waals surface area contributed by atoms with Crippen molar-refractivity contribution >= 4 is 5.97 Å². The molecule has 0 saturated heterocycles. The molecule has 0 aliphatic heterocycles. The van der Waals surface area contributed by atoms with Crippen LogP contribution in [0.1, 0.15) is 32.6 Å². The van der Waals surface area contributed by atoms with Gasteiger partial charge in [-0.25, -0.2) is 4.79 Å². The fraction of sp³-hybridized carbons (Fsp3) is 0.900. The van der Waals surface area contributed by atoms with Crippen LogP contribution in [0.4, 0.5) is 13.2 Å². The molecule has 96 valence electrons. The maximum Gasteiger partial charge on any atom is 0.490 e. The van der Waals surface area contributed by atoms with E-state index in [0.29, 0.717) is 0 Å². The van der Waals surface area contributed by atoms with Gasteiger partial charge >= 0.3 is 12.1 Å². The first-order valence-electron chi connectivity index (χ1n) is 5.24. The topological polar surface area (TPSA) is 49.3 Å². The molecule has 0 aromatic heterocycles. The summed E-state index contributed by atoms with van der Waals surface area (Å²) in [7, 11) is 2.07. The van der Waals surface area contributed by atoms with Gasteiger partial charge in [-0.15, -0.1) is 0 Å². The smallest absolute Gasteiger partial charge is 0.475 e. The van der Waals surface area contributed by atoms with E-state index < -0.39 is 12.1 Å². The molecular weight excluding hydrogens is 223 g/mol. The zero-order chi connectivity index (χ0) is 12.8. The van der Waals surface area contributed by atoms with Gasteiger partial charge in [0.25, 0.3) is 0 Å². The molecule has 2 N–H and O–H groups in total. The summed E-state index contributed by atoms with van der Waals surface area (Å²) in [5, 5.41) is 10.4. The fourth-order valence-corrected chi connectivity index (χ4v) is 1.55. The van der Waals surface area contributed by atoms with Gasteiger partial charge in [0.2, 0.25) is 0 Å². The van der Waals surface area contributed by atoms with Crippen molar-refractivity contribution in [2.24, 2.45) is 5.92 Å². The van der Waals surface area contributed by atoms with E-state index in [1.165, 1.54) is 25.7 Å². The van der Waals surface area contributed by atoms with Gasteiger partial charge in [-0.3, -0.25) is 0 Å². The highest BCUT2D eigenvalue weighted by atomic mass is 19.4. The van der Waals surface area contributed by atoms with Crippen LogP contribution in [-0.2, 0) is 4.79 Å². The van der Waals surface area contributed by atoms with Crippen molar-refractivity contribution in [2.45, 2.75) is 44.8 Å². The monoisotopic (exact) mass is 241 g/mol. The molecule has 0 aromatic rings. The molecule has 0 atom stereocenters. The molecule has 0 aromatic carbocycles. The molecule has 1 rings (SSSR count). The van der Waals surface area contributed by atoms with E-state index in [1.54, 1.807) is 0 Å². The summed E-state index contributed by atoms with van der Waals surface area (Å²) in [5.41, 5.74) is 0. The molecule has 1 aliphatic rings. The second-order valence-electron chi connectivity index (χ2n) is 4.05. The van der Waals surface area contributed by atoms with Crippen molar-refractivity contribution in [1.82, 2.24) is 5.32 Å². The van der Waals surface area contributed by atoms with E-state index >= 15 is 0 Å². The summed E-state index contributed by atoms with van der Waals surface area (Å²) >= 11 is 0. The largest absolute Gasteiger partial charge is 0.490 e. The molecule has 1 saturated carbocycles. The van der Waals surface area contributed by atoms with Crippen LogP contribution in [0.2, 0.25) is 0 Å². The minimum absolute atomic E-state index is 0.821. The van der Waals surface area contributed by atoms with Crippen LogP contribution in [0.15, 0.2) is 0 Å². The van der Waals surface area contributed by atoms with Crippen molar-refractivity contribution in [3.05, 3.63) is 0 Å². The van der Waals surface area contributed by atoms with Crippen LogP contribution in [0, 0.1) is 5.92 Å². The number of carboxylic acid groups (broad SMARTS) is 1. The quantitative estimate of drug-likeness (QED) is 0.741. The molecule has 1 fully saturated rings. The normalized spacial score (nSPS) is 25.6. The Hall–Kier alpha value is -0.780. The number of aliphatic carboxylic acids is 1. The highest BCUT2D eigenvalue weighted by Crippen LogP contribution is 2.22. The van der Waals surface area contributed by atoms with E-state index in [4.69, 9.17) is 9.90 Å². The predicted octanol–water partition coefficient (Wildman–Crippen LogP) is 2.42. The SMILES string of the molecule is CNC1CCC(C)CC1.O=C(O)C(F)(F)F. The van der Waals surface area contributed by atoms with Gasteiger partial charge in [0.15, 0.2) is 0 Å². The molecule has 0 radical (unpaired) electrons. The van der Waals surface area contributed by atoms with Crippen molar-refractivity contribution in [3.63, 3.8) is 0 Å². The van der Waals surface area contributed by atoms with E-state index in [0.717, 1.165) is 12.0 Å². The van der Waals surface area contributed by atoms with E-state index in [-0.39, 0.29) is 0 Å². The summed E-state index contributed by atoms with van der Waals surface area (Å²) in [6.07, 6.45) is 0.534. The Kier molecular flexibility index (Phi) is 6.40. The third kappa shape index (κ3) is 6.66. The van der Waals surface area contributed by atoms with Crippen molar-refractivity contribution in [3.8, 4) is 0 Å². The van der Waals surface area contributed by atoms with Crippen molar-refractivity contribution < 1.29 is 23.1 Å². The Labute approximate surface area is 93.0 Å². The average Bonchev–Trinajstić information content (AvgIpc) is 2.18. The number of halogens is 3. The second kappa shape index (κ2) is 6.73. The minimum atomic E-state index is -5.08. The van der Waals surface area contributed by atoms with Crippen LogP contribution >= 0.6 is 0 Å². The van der Waals surface area contributed by atoms with Gasteiger partial charge in [0.05, 0.1) is 0 Å².